The lowest BCUT2D eigenvalue weighted by molar-refractivity contribution is -0.137. The molecule has 2 fully saturated rings. The standard InChI is InChI=1S/C21H21F4N3O5S/c22-18-11-15(4-5-19(18)27-6-8-32-9-7-27)28-13-16(33-20(28)29)12-26-34(30,31)17-3-1-2-14(10-17)21(23,24)25/h1-5,10-11,16,26H,6-9,12-13H2. The van der Waals surface area contributed by atoms with Crippen LogP contribution in [0.4, 0.5) is 33.7 Å². The molecule has 2 aromatic rings. The van der Waals surface area contributed by atoms with Crippen LogP contribution in [0.2, 0.25) is 0 Å². The highest BCUT2D eigenvalue weighted by atomic mass is 32.2. The van der Waals surface area contributed by atoms with E-state index in [1.54, 1.807) is 12.1 Å². The number of amides is 1. The molecular formula is C21H21F4N3O5S. The number of carbonyl (C=O) groups excluding carboxylic acids is 1. The number of carbonyl (C=O) groups is 1. The third-order valence-corrected chi connectivity index (χ3v) is 6.86. The highest BCUT2D eigenvalue weighted by molar-refractivity contribution is 7.89. The molecular weight excluding hydrogens is 482 g/mol. The van der Waals surface area contributed by atoms with E-state index in [1.165, 1.54) is 6.07 Å². The number of hydrogen-bond acceptors (Lipinski definition) is 6. The molecule has 1 amide bonds. The Kier molecular flexibility index (Phi) is 6.69. The molecule has 1 atom stereocenters. The number of rotatable bonds is 6. The monoisotopic (exact) mass is 503 g/mol. The van der Waals surface area contributed by atoms with E-state index in [2.05, 4.69) is 4.72 Å². The van der Waals surface area contributed by atoms with Crippen LogP contribution < -0.4 is 14.5 Å². The van der Waals surface area contributed by atoms with Crippen LogP contribution >= 0.6 is 0 Å². The first-order valence-corrected chi connectivity index (χ1v) is 11.8. The Morgan fingerprint density at radius 3 is 2.50 bits per heavy atom. The van der Waals surface area contributed by atoms with Crippen molar-refractivity contribution < 1.29 is 40.2 Å². The topological polar surface area (TPSA) is 88.2 Å². The quantitative estimate of drug-likeness (QED) is 0.610. The van der Waals surface area contributed by atoms with Crippen LogP contribution in [0.15, 0.2) is 47.4 Å². The molecule has 0 aliphatic carbocycles. The van der Waals surface area contributed by atoms with Crippen molar-refractivity contribution in [1.29, 1.82) is 0 Å². The van der Waals surface area contributed by atoms with Crippen molar-refractivity contribution in [3.8, 4) is 0 Å². The van der Waals surface area contributed by atoms with Crippen LogP contribution in [0.1, 0.15) is 5.56 Å². The van der Waals surface area contributed by atoms with Crippen molar-refractivity contribution in [2.45, 2.75) is 17.2 Å². The Morgan fingerprint density at radius 2 is 1.82 bits per heavy atom. The summed E-state index contributed by atoms with van der Waals surface area (Å²) in [5, 5.41) is 0. The molecule has 1 unspecified atom stereocenters. The Balaban J connectivity index is 1.41. The molecule has 0 spiro atoms. The van der Waals surface area contributed by atoms with Gasteiger partial charge in [-0.2, -0.15) is 13.2 Å². The summed E-state index contributed by atoms with van der Waals surface area (Å²) < 4.78 is 90.8. The summed E-state index contributed by atoms with van der Waals surface area (Å²) >= 11 is 0. The Bertz CT molecular complexity index is 1170. The number of cyclic esters (lactones) is 1. The molecule has 0 saturated carbocycles. The van der Waals surface area contributed by atoms with Crippen molar-refractivity contribution in [3.63, 3.8) is 0 Å². The first kappa shape index (κ1) is 24.2. The molecule has 2 aromatic carbocycles. The van der Waals surface area contributed by atoms with E-state index in [0.29, 0.717) is 38.1 Å². The molecule has 8 nitrogen and oxygen atoms in total. The largest absolute Gasteiger partial charge is 0.443 e. The predicted octanol–water partition coefficient (Wildman–Crippen LogP) is 2.98. The lowest BCUT2D eigenvalue weighted by atomic mass is 10.2. The van der Waals surface area contributed by atoms with Gasteiger partial charge in [-0.3, -0.25) is 4.90 Å². The molecule has 1 N–H and O–H groups in total. The maximum Gasteiger partial charge on any atom is 0.416 e. The van der Waals surface area contributed by atoms with Crippen molar-refractivity contribution >= 4 is 27.5 Å². The minimum atomic E-state index is -4.69. The molecule has 2 saturated heterocycles. The number of halogens is 4. The van der Waals surface area contributed by atoms with Crippen LogP contribution in [-0.2, 0) is 25.7 Å². The van der Waals surface area contributed by atoms with E-state index in [9.17, 15) is 30.8 Å². The molecule has 2 aliphatic heterocycles. The number of ether oxygens (including phenoxy) is 2. The van der Waals surface area contributed by atoms with Gasteiger partial charge < -0.3 is 14.4 Å². The first-order valence-electron chi connectivity index (χ1n) is 10.3. The summed E-state index contributed by atoms with van der Waals surface area (Å²) in [4.78, 5) is 14.7. The van der Waals surface area contributed by atoms with Gasteiger partial charge in [0.25, 0.3) is 0 Å². The van der Waals surface area contributed by atoms with Gasteiger partial charge in [-0.05, 0) is 36.4 Å². The predicted molar refractivity (Wildman–Crippen MR) is 114 cm³/mol. The molecule has 0 aromatic heterocycles. The van der Waals surface area contributed by atoms with Crippen LogP contribution in [0.3, 0.4) is 0 Å². The van der Waals surface area contributed by atoms with E-state index < -0.39 is 44.7 Å². The molecule has 2 aliphatic rings. The number of anilines is 2. The van der Waals surface area contributed by atoms with Gasteiger partial charge in [0.1, 0.15) is 11.9 Å². The number of morpholine rings is 1. The van der Waals surface area contributed by atoms with Gasteiger partial charge in [-0.25, -0.2) is 22.3 Å². The lowest BCUT2D eigenvalue weighted by Crippen LogP contribution is -2.37. The van der Waals surface area contributed by atoms with E-state index in [-0.39, 0.29) is 18.8 Å². The number of hydrogen-bond donors (Lipinski definition) is 1. The Hall–Kier alpha value is -2.90. The Morgan fingerprint density at radius 1 is 1.09 bits per heavy atom. The number of benzene rings is 2. The molecule has 0 radical (unpaired) electrons. The van der Waals surface area contributed by atoms with Crippen LogP contribution in [0.25, 0.3) is 0 Å². The molecule has 13 heteroatoms. The van der Waals surface area contributed by atoms with E-state index in [0.717, 1.165) is 23.1 Å². The van der Waals surface area contributed by atoms with Crippen molar-refractivity contribution in [2.24, 2.45) is 0 Å². The Labute approximate surface area is 193 Å². The summed E-state index contributed by atoms with van der Waals surface area (Å²) in [7, 11) is -4.29. The summed E-state index contributed by atoms with van der Waals surface area (Å²) in [5.41, 5.74) is -0.482. The van der Waals surface area contributed by atoms with Gasteiger partial charge in [-0.15, -0.1) is 0 Å². The fourth-order valence-corrected chi connectivity index (χ4v) is 4.80. The van der Waals surface area contributed by atoms with Crippen molar-refractivity contribution in [2.75, 3.05) is 49.2 Å². The molecule has 184 valence electrons. The molecule has 2 heterocycles. The fraction of sp³-hybridized carbons (Fsp3) is 0.381. The number of alkyl halides is 3. The van der Waals surface area contributed by atoms with Gasteiger partial charge in [-0.1, -0.05) is 6.07 Å². The SMILES string of the molecule is O=C1OC(CNS(=O)(=O)c2cccc(C(F)(F)F)c2)CN1c1ccc(N2CCOCC2)c(F)c1. The smallest absolute Gasteiger partial charge is 0.416 e. The maximum absolute atomic E-state index is 14.7. The normalized spacial score (nSPS) is 19.4. The highest BCUT2D eigenvalue weighted by Crippen LogP contribution is 2.31. The van der Waals surface area contributed by atoms with Gasteiger partial charge in [0.2, 0.25) is 10.0 Å². The van der Waals surface area contributed by atoms with Gasteiger partial charge in [0.05, 0.1) is 41.6 Å². The lowest BCUT2D eigenvalue weighted by Gasteiger charge is -2.29. The zero-order valence-electron chi connectivity index (χ0n) is 17.7. The molecule has 0 bridgehead atoms. The van der Waals surface area contributed by atoms with E-state index in [1.807, 2.05) is 4.90 Å². The third kappa shape index (κ3) is 5.26. The molecule has 4 rings (SSSR count). The van der Waals surface area contributed by atoms with Crippen LogP contribution in [-0.4, -0.2) is 60.0 Å². The summed E-state index contributed by atoms with van der Waals surface area (Å²) in [6.45, 7) is 1.61. The number of sulfonamides is 1. The van der Waals surface area contributed by atoms with E-state index >= 15 is 0 Å². The fourth-order valence-electron chi connectivity index (χ4n) is 3.69. The van der Waals surface area contributed by atoms with E-state index in [4.69, 9.17) is 9.47 Å². The number of nitrogens with one attached hydrogen (secondary N) is 1. The van der Waals surface area contributed by atoms with Crippen molar-refractivity contribution in [3.05, 3.63) is 53.8 Å². The third-order valence-electron chi connectivity index (χ3n) is 5.44. The molecule has 34 heavy (non-hydrogen) atoms. The van der Waals surface area contributed by atoms with Gasteiger partial charge in [0, 0.05) is 19.6 Å². The number of nitrogens with zero attached hydrogens (tertiary/aromatic N) is 2. The average Bonchev–Trinajstić information content (AvgIpc) is 3.18. The summed E-state index contributed by atoms with van der Waals surface area (Å²) in [5.74, 6) is -0.527. The highest BCUT2D eigenvalue weighted by Gasteiger charge is 2.35. The second kappa shape index (κ2) is 9.39. The van der Waals surface area contributed by atoms with Crippen molar-refractivity contribution in [1.82, 2.24) is 4.72 Å². The summed E-state index contributed by atoms with van der Waals surface area (Å²) in [6.07, 6.45) is -6.41. The zero-order valence-corrected chi connectivity index (χ0v) is 18.5. The van der Waals surface area contributed by atoms with Gasteiger partial charge >= 0.3 is 12.3 Å². The zero-order chi connectivity index (χ0) is 24.5. The average molecular weight is 503 g/mol. The second-order valence-corrected chi connectivity index (χ2v) is 9.50. The van der Waals surface area contributed by atoms with Gasteiger partial charge in [0.15, 0.2) is 0 Å². The minimum Gasteiger partial charge on any atom is -0.443 e. The second-order valence-electron chi connectivity index (χ2n) is 7.73. The minimum absolute atomic E-state index is 0.0692. The van der Waals surface area contributed by atoms with Crippen LogP contribution in [0, 0.1) is 5.82 Å². The summed E-state index contributed by atoms with van der Waals surface area (Å²) in [6, 6.07) is 7.61. The maximum atomic E-state index is 14.7. The van der Waals surface area contributed by atoms with Crippen LogP contribution in [0.5, 0.6) is 0 Å². The first-order chi connectivity index (χ1) is 16.0.